The van der Waals surface area contributed by atoms with Crippen molar-refractivity contribution in [3.63, 3.8) is 0 Å². The van der Waals surface area contributed by atoms with E-state index in [1.165, 1.54) is 0 Å². The number of amides is 2. The largest absolute Gasteiger partial charge is 0.484 e. The zero-order valence-corrected chi connectivity index (χ0v) is 20.5. The Bertz CT molecular complexity index is 1270. The first-order valence-corrected chi connectivity index (χ1v) is 12.1. The fraction of sp³-hybridized carbons (Fsp3) is 0.133. The average molecular weight is 499 g/mol. The number of carbonyl (C=O) groups is 2. The fourth-order valence-corrected chi connectivity index (χ4v) is 4.08. The Kier molecular flexibility index (Phi) is 8.73. The molecule has 182 valence electrons. The second-order valence-electron chi connectivity index (χ2n) is 8.23. The summed E-state index contributed by atoms with van der Waals surface area (Å²) in [6.07, 6.45) is 0. The minimum atomic E-state index is -0.860. The topological polar surface area (TPSA) is 58.6 Å². The summed E-state index contributed by atoms with van der Waals surface area (Å²) in [6, 6.07) is 34.5. The van der Waals surface area contributed by atoms with Crippen molar-refractivity contribution in [1.82, 2.24) is 10.2 Å². The number of hydrogen-bond acceptors (Lipinski definition) is 3. The summed E-state index contributed by atoms with van der Waals surface area (Å²) in [7, 11) is 0. The van der Waals surface area contributed by atoms with Gasteiger partial charge in [0, 0.05) is 18.1 Å². The standard InChI is InChI=1S/C30H27ClN2O3/c31-27-19-11-10-16-25(27)20-32-30(35)29(24-14-6-2-7-15-24)33(21-23-12-4-1-5-13-23)28(34)22-36-26-17-8-3-9-18-26/h1-19,29H,20-22H2,(H,32,35)/t29-/m0/s1. The number of nitrogens with one attached hydrogen (secondary N) is 1. The molecule has 0 aliphatic carbocycles. The normalized spacial score (nSPS) is 11.4. The van der Waals surface area contributed by atoms with Gasteiger partial charge in [0.2, 0.25) is 5.91 Å². The Morgan fingerprint density at radius 3 is 2.03 bits per heavy atom. The minimum Gasteiger partial charge on any atom is -0.484 e. The highest BCUT2D eigenvalue weighted by atomic mass is 35.5. The molecule has 36 heavy (non-hydrogen) atoms. The van der Waals surface area contributed by atoms with Crippen LogP contribution in [0.15, 0.2) is 115 Å². The predicted octanol–water partition coefficient (Wildman–Crippen LogP) is 5.81. The molecule has 0 aliphatic rings. The maximum Gasteiger partial charge on any atom is 0.261 e. The number of hydrogen-bond donors (Lipinski definition) is 1. The second-order valence-corrected chi connectivity index (χ2v) is 8.64. The van der Waals surface area contributed by atoms with E-state index < -0.39 is 6.04 Å². The molecule has 1 atom stereocenters. The molecule has 4 aromatic carbocycles. The first kappa shape index (κ1) is 25.0. The van der Waals surface area contributed by atoms with Crippen molar-refractivity contribution >= 4 is 23.4 Å². The van der Waals surface area contributed by atoms with Crippen LogP contribution in [0.3, 0.4) is 0 Å². The molecule has 0 heterocycles. The third kappa shape index (κ3) is 6.74. The summed E-state index contributed by atoms with van der Waals surface area (Å²) in [5.74, 6) is -0.0143. The van der Waals surface area contributed by atoms with Crippen LogP contribution in [0.5, 0.6) is 5.75 Å². The number of ether oxygens (including phenoxy) is 1. The molecular weight excluding hydrogens is 472 g/mol. The van der Waals surface area contributed by atoms with Crippen LogP contribution in [0.1, 0.15) is 22.7 Å². The van der Waals surface area contributed by atoms with Gasteiger partial charge in [-0.3, -0.25) is 9.59 Å². The molecule has 6 heteroatoms. The lowest BCUT2D eigenvalue weighted by atomic mass is 10.0. The molecule has 4 aromatic rings. The predicted molar refractivity (Wildman–Crippen MR) is 141 cm³/mol. The number of halogens is 1. The van der Waals surface area contributed by atoms with Gasteiger partial charge in [0.05, 0.1) is 0 Å². The van der Waals surface area contributed by atoms with Gasteiger partial charge in [-0.1, -0.05) is 109 Å². The van der Waals surface area contributed by atoms with Crippen molar-refractivity contribution in [2.45, 2.75) is 19.1 Å². The smallest absolute Gasteiger partial charge is 0.261 e. The third-order valence-corrected chi connectivity index (χ3v) is 6.08. The molecule has 0 fully saturated rings. The van der Waals surface area contributed by atoms with Gasteiger partial charge in [0.15, 0.2) is 6.61 Å². The second kappa shape index (κ2) is 12.6. The van der Waals surface area contributed by atoms with E-state index in [2.05, 4.69) is 5.32 Å². The van der Waals surface area contributed by atoms with E-state index in [1.807, 2.05) is 97.1 Å². The Balaban J connectivity index is 1.62. The van der Waals surface area contributed by atoms with E-state index in [0.29, 0.717) is 16.3 Å². The van der Waals surface area contributed by atoms with E-state index in [-0.39, 0.29) is 31.5 Å². The maximum atomic E-state index is 13.6. The SMILES string of the molecule is O=C(NCc1ccccc1Cl)[C@H](c1ccccc1)N(Cc1ccccc1)C(=O)COc1ccccc1. The molecule has 0 aromatic heterocycles. The first-order chi connectivity index (χ1) is 17.6. The summed E-state index contributed by atoms with van der Waals surface area (Å²) in [4.78, 5) is 28.8. The Labute approximate surface area is 216 Å². The summed E-state index contributed by atoms with van der Waals surface area (Å²) in [5, 5.41) is 3.55. The van der Waals surface area contributed by atoms with Crippen LogP contribution in [0.4, 0.5) is 0 Å². The molecule has 0 unspecified atom stereocenters. The van der Waals surface area contributed by atoms with Gasteiger partial charge in [0.1, 0.15) is 11.8 Å². The molecule has 0 saturated heterocycles. The van der Waals surface area contributed by atoms with E-state index in [1.54, 1.807) is 23.1 Å². The zero-order chi connectivity index (χ0) is 25.2. The third-order valence-electron chi connectivity index (χ3n) is 5.71. The first-order valence-electron chi connectivity index (χ1n) is 11.7. The van der Waals surface area contributed by atoms with Crippen molar-refractivity contribution in [3.05, 3.63) is 137 Å². The molecule has 0 aliphatic heterocycles. The van der Waals surface area contributed by atoms with Gasteiger partial charge in [-0.05, 0) is 34.9 Å². The number of carbonyl (C=O) groups excluding carboxylic acids is 2. The summed E-state index contributed by atoms with van der Waals surface area (Å²) in [5.41, 5.74) is 2.41. The van der Waals surface area contributed by atoms with Gasteiger partial charge in [-0.2, -0.15) is 0 Å². The molecule has 4 rings (SSSR count). The van der Waals surface area contributed by atoms with E-state index in [9.17, 15) is 9.59 Å². The molecule has 5 nitrogen and oxygen atoms in total. The van der Waals surface area contributed by atoms with E-state index in [0.717, 1.165) is 11.1 Å². The lowest BCUT2D eigenvalue weighted by molar-refractivity contribution is -0.143. The fourth-order valence-electron chi connectivity index (χ4n) is 3.88. The van der Waals surface area contributed by atoms with Crippen LogP contribution in [0, 0.1) is 0 Å². The quantitative estimate of drug-likeness (QED) is 0.300. The van der Waals surface area contributed by atoms with E-state index in [4.69, 9.17) is 16.3 Å². The van der Waals surface area contributed by atoms with Crippen molar-refractivity contribution in [2.24, 2.45) is 0 Å². The van der Waals surface area contributed by atoms with Crippen LogP contribution in [0.25, 0.3) is 0 Å². The molecule has 2 amide bonds. The van der Waals surface area contributed by atoms with Gasteiger partial charge in [-0.15, -0.1) is 0 Å². The number of rotatable bonds is 10. The highest BCUT2D eigenvalue weighted by Crippen LogP contribution is 2.25. The monoisotopic (exact) mass is 498 g/mol. The van der Waals surface area contributed by atoms with Crippen molar-refractivity contribution in [3.8, 4) is 5.75 Å². The summed E-state index contributed by atoms with van der Waals surface area (Å²) < 4.78 is 5.76. The Morgan fingerprint density at radius 1 is 0.778 bits per heavy atom. The highest BCUT2D eigenvalue weighted by molar-refractivity contribution is 6.31. The lowest BCUT2D eigenvalue weighted by Gasteiger charge is -2.31. The minimum absolute atomic E-state index is 0.196. The average Bonchev–Trinajstić information content (AvgIpc) is 2.92. The number of nitrogens with zero attached hydrogens (tertiary/aromatic N) is 1. The molecule has 0 bridgehead atoms. The van der Waals surface area contributed by atoms with Crippen LogP contribution in [0.2, 0.25) is 5.02 Å². The number of para-hydroxylation sites is 1. The maximum absolute atomic E-state index is 13.6. The molecule has 0 saturated carbocycles. The Morgan fingerprint density at radius 2 is 1.36 bits per heavy atom. The summed E-state index contributed by atoms with van der Waals surface area (Å²) in [6.45, 7) is 0.296. The molecule has 0 radical (unpaired) electrons. The summed E-state index contributed by atoms with van der Waals surface area (Å²) >= 11 is 6.29. The number of benzene rings is 4. The van der Waals surface area contributed by atoms with Crippen molar-refractivity contribution < 1.29 is 14.3 Å². The van der Waals surface area contributed by atoms with Crippen molar-refractivity contribution in [2.75, 3.05) is 6.61 Å². The van der Waals surface area contributed by atoms with Crippen LogP contribution >= 0.6 is 11.6 Å². The van der Waals surface area contributed by atoms with Crippen LogP contribution in [-0.2, 0) is 22.7 Å². The van der Waals surface area contributed by atoms with Crippen LogP contribution in [-0.4, -0.2) is 23.3 Å². The molecule has 0 spiro atoms. The van der Waals surface area contributed by atoms with Crippen molar-refractivity contribution in [1.29, 1.82) is 0 Å². The molecule has 1 N–H and O–H groups in total. The lowest BCUT2D eigenvalue weighted by Crippen LogP contribution is -2.45. The van der Waals surface area contributed by atoms with Gasteiger partial charge < -0.3 is 15.0 Å². The Hall–Kier alpha value is -4.09. The van der Waals surface area contributed by atoms with E-state index >= 15 is 0 Å². The van der Waals surface area contributed by atoms with Gasteiger partial charge in [0.25, 0.3) is 5.91 Å². The van der Waals surface area contributed by atoms with Gasteiger partial charge in [-0.25, -0.2) is 0 Å². The van der Waals surface area contributed by atoms with Crippen LogP contribution < -0.4 is 10.1 Å². The molecular formula is C30H27ClN2O3. The zero-order valence-electron chi connectivity index (χ0n) is 19.7. The van der Waals surface area contributed by atoms with Gasteiger partial charge >= 0.3 is 0 Å². The highest BCUT2D eigenvalue weighted by Gasteiger charge is 2.31.